The molecule has 1 aliphatic heterocycles. The highest BCUT2D eigenvalue weighted by molar-refractivity contribution is 9.10. The van der Waals surface area contributed by atoms with Crippen molar-refractivity contribution >= 4 is 33.5 Å². The van der Waals surface area contributed by atoms with Gasteiger partial charge in [0.1, 0.15) is 13.2 Å². The van der Waals surface area contributed by atoms with Crippen molar-refractivity contribution in [1.29, 1.82) is 0 Å². The average molecular weight is 407 g/mol. The van der Waals surface area contributed by atoms with Gasteiger partial charge in [-0.05, 0) is 41.1 Å². The van der Waals surface area contributed by atoms with Gasteiger partial charge >= 0.3 is 5.97 Å². The molecule has 0 fully saturated rings. The quantitative estimate of drug-likeness (QED) is 0.785. The molecule has 8 heteroatoms. The summed E-state index contributed by atoms with van der Waals surface area (Å²) in [6.45, 7) is 2.45. The first-order valence-electron chi connectivity index (χ1n) is 7.55. The fourth-order valence-electron chi connectivity index (χ4n) is 2.17. The predicted molar refractivity (Wildman–Crippen MR) is 92.9 cm³/mol. The minimum Gasteiger partial charge on any atom is -0.486 e. The molecular weight excluding hydrogens is 392 g/mol. The lowest BCUT2D eigenvalue weighted by Crippen LogP contribution is -2.30. The Morgan fingerprint density at radius 1 is 1.20 bits per heavy atom. The van der Waals surface area contributed by atoms with Gasteiger partial charge in [0.2, 0.25) is 0 Å². The zero-order chi connectivity index (χ0) is 17.8. The molecule has 1 aromatic heterocycles. The molecule has 1 amide bonds. The number of carbonyl (C=O) groups is 2. The van der Waals surface area contributed by atoms with E-state index in [0.717, 1.165) is 0 Å². The number of rotatable bonds is 4. The number of nitrogens with zero attached hydrogens (tertiary/aromatic N) is 1. The van der Waals surface area contributed by atoms with Gasteiger partial charge < -0.3 is 19.5 Å². The largest absolute Gasteiger partial charge is 0.486 e. The van der Waals surface area contributed by atoms with Crippen LogP contribution >= 0.6 is 15.9 Å². The van der Waals surface area contributed by atoms with Crippen LogP contribution in [0.25, 0.3) is 0 Å². The summed E-state index contributed by atoms with van der Waals surface area (Å²) in [5.41, 5.74) is 0.787. The Labute approximate surface area is 152 Å². The molecule has 0 radical (unpaired) electrons. The fourth-order valence-corrected chi connectivity index (χ4v) is 2.54. The first-order chi connectivity index (χ1) is 12.0. The van der Waals surface area contributed by atoms with Gasteiger partial charge in [-0.2, -0.15) is 0 Å². The van der Waals surface area contributed by atoms with Crippen LogP contribution in [0.3, 0.4) is 0 Å². The number of amides is 1. The summed E-state index contributed by atoms with van der Waals surface area (Å²) in [5, 5.41) is 2.68. The van der Waals surface area contributed by atoms with Crippen LogP contribution in [0.15, 0.2) is 41.1 Å². The number of nitrogens with one attached hydrogen (secondary N) is 1. The third kappa shape index (κ3) is 4.27. The molecule has 0 spiro atoms. The molecule has 7 nitrogen and oxygen atoms in total. The van der Waals surface area contributed by atoms with Crippen molar-refractivity contribution in [2.45, 2.75) is 13.0 Å². The van der Waals surface area contributed by atoms with Crippen molar-refractivity contribution in [2.75, 3.05) is 18.5 Å². The molecule has 1 atom stereocenters. The number of pyridine rings is 1. The summed E-state index contributed by atoms with van der Waals surface area (Å²) in [4.78, 5) is 28.2. The summed E-state index contributed by atoms with van der Waals surface area (Å²) in [7, 11) is 0. The molecular formula is C17H15BrN2O5. The van der Waals surface area contributed by atoms with E-state index in [-0.39, 0.29) is 5.56 Å². The summed E-state index contributed by atoms with van der Waals surface area (Å²) < 4.78 is 16.7. The predicted octanol–water partition coefficient (Wildman–Crippen LogP) is 2.80. The first kappa shape index (κ1) is 17.2. The van der Waals surface area contributed by atoms with Gasteiger partial charge in [0.15, 0.2) is 17.6 Å². The van der Waals surface area contributed by atoms with Gasteiger partial charge in [-0.3, -0.25) is 9.78 Å². The highest BCUT2D eigenvalue weighted by Crippen LogP contribution is 2.32. The molecule has 0 aliphatic carbocycles. The number of carbonyl (C=O) groups excluding carboxylic acids is 2. The monoisotopic (exact) mass is 406 g/mol. The van der Waals surface area contributed by atoms with Gasteiger partial charge in [-0.25, -0.2) is 4.79 Å². The van der Waals surface area contributed by atoms with Crippen LogP contribution in [-0.4, -0.2) is 36.2 Å². The number of esters is 1. The van der Waals surface area contributed by atoms with Crippen LogP contribution in [0.1, 0.15) is 17.3 Å². The minimum atomic E-state index is -0.973. The molecule has 25 heavy (non-hydrogen) atoms. The third-order valence-electron chi connectivity index (χ3n) is 3.40. The number of hydrogen-bond donors (Lipinski definition) is 1. The van der Waals surface area contributed by atoms with Crippen LogP contribution < -0.4 is 14.8 Å². The maximum absolute atomic E-state index is 12.2. The molecule has 1 aliphatic rings. The number of ether oxygens (including phenoxy) is 3. The van der Waals surface area contributed by atoms with E-state index in [2.05, 4.69) is 26.2 Å². The number of anilines is 1. The van der Waals surface area contributed by atoms with Gasteiger partial charge in [0.05, 0.1) is 5.56 Å². The lowest BCUT2D eigenvalue weighted by Gasteiger charge is -2.19. The molecule has 1 unspecified atom stereocenters. The Bertz CT molecular complexity index is 811. The average Bonchev–Trinajstić information content (AvgIpc) is 2.61. The highest BCUT2D eigenvalue weighted by Gasteiger charge is 2.20. The Balaban J connectivity index is 1.62. The summed E-state index contributed by atoms with van der Waals surface area (Å²) in [6.07, 6.45) is 1.95. The molecule has 0 saturated heterocycles. The molecule has 2 aromatic rings. The third-order valence-corrected chi connectivity index (χ3v) is 3.84. The molecule has 1 N–H and O–H groups in total. The highest BCUT2D eigenvalue weighted by atomic mass is 79.9. The van der Waals surface area contributed by atoms with Crippen molar-refractivity contribution in [3.63, 3.8) is 0 Å². The Morgan fingerprint density at radius 2 is 1.96 bits per heavy atom. The summed E-state index contributed by atoms with van der Waals surface area (Å²) in [5.74, 6) is 0.117. The Kier molecular flexibility index (Phi) is 5.18. The SMILES string of the molecule is CC(OC(=O)c1cncc(Br)c1)C(=O)Nc1ccc2c(c1)OCCO2. The normalized spacial score (nSPS) is 13.7. The van der Waals surface area contributed by atoms with Gasteiger partial charge in [0.25, 0.3) is 5.91 Å². The van der Waals surface area contributed by atoms with E-state index >= 15 is 0 Å². The standard InChI is InChI=1S/C17H15BrN2O5/c1-10(25-17(22)11-6-12(18)9-19-8-11)16(21)20-13-2-3-14-15(7-13)24-5-4-23-14/h2-3,6-10H,4-5H2,1H3,(H,20,21). The summed E-state index contributed by atoms with van der Waals surface area (Å²) in [6, 6.07) is 6.64. The zero-order valence-electron chi connectivity index (χ0n) is 13.3. The number of aromatic nitrogens is 1. The minimum absolute atomic E-state index is 0.258. The summed E-state index contributed by atoms with van der Waals surface area (Å²) >= 11 is 3.23. The Morgan fingerprint density at radius 3 is 2.72 bits per heavy atom. The molecule has 2 heterocycles. The van der Waals surface area contributed by atoms with E-state index in [4.69, 9.17) is 14.2 Å². The van der Waals surface area contributed by atoms with Crippen LogP contribution in [-0.2, 0) is 9.53 Å². The molecule has 0 saturated carbocycles. The number of fused-ring (bicyclic) bond motifs is 1. The maximum atomic E-state index is 12.2. The first-order valence-corrected chi connectivity index (χ1v) is 8.34. The number of hydrogen-bond acceptors (Lipinski definition) is 6. The lowest BCUT2D eigenvalue weighted by molar-refractivity contribution is -0.123. The molecule has 3 rings (SSSR count). The van der Waals surface area contributed by atoms with Crippen LogP contribution in [0.5, 0.6) is 11.5 Å². The maximum Gasteiger partial charge on any atom is 0.340 e. The topological polar surface area (TPSA) is 86.8 Å². The van der Waals surface area contributed by atoms with Crippen molar-refractivity contribution in [2.24, 2.45) is 0 Å². The van der Waals surface area contributed by atoms with E-state index < -0.39 is 18.0 Å². The van der Waals surface area contributed by atoms with Crippen molar-refractivity contribution < 1.29 is 23.8 Å². The van der Waals surface area contributed by atoms with Crippen LogP contribution in [0, 0.1) is 0 Å². The van der Waals surface area contributed by atoms with Crippen molar-refractivity contribution in [3.05, 3.63) is 46.7 Å². The van der Waals surface area contributed by atoms with E-state index in [1.807, 2.05) is 0 Å². The molecule has 0 bridgehead atoms. The smallest absolute Gasteiger partial charge is 0.340 e. The van der Waals surface area contributed by atoms with Crippen LogP contribution in [0.4, 0.5) is 5.69 Å². The lowest BCUT2D eigenvalue weighted by atomic mass is 10.2. The van der Waals surface area contributed by atoms with Crippen molar-refractivity contribution in [1.82, 2.24) is 4.98 Å². The second-order valence-corrected chi connectivity index (χ2v) is 6.20. The van der Waals surface area contributed by atoms with E-state index in [9.17, 15) is 9.59 Å². The molecule has 130 valence electrons. The molecule has 1 aromatic carbocycles. The van der Waals surface area contributed by atoms with Gasteiger partial charge in [0, 0.05) is 28.6 Å². The van der Waals surface area contributed by atoms with E-state index in [1.165, 1.54) is 13.1 Å². The van der Waals surface area contributed by atoms with Crippen LogP contribution in [0.2, 0.25) is 0 Å². The van der Waals surface area contributed by atoms with E-state index in [0.29, 0.717) is 34.9 Å². The second kappa shape index (κ2) is 7.52. The van der Waals surface area contributed by atoms with E-state index in [1.54, 1.807) is 30.5 Å². The zero-order valence-corrected chi connectivity index (χ0v) is 14.9. The Hall–Kier alpha value is -2.61. The van der Waals surface area contributed by atoms with Crippen molar-refractivity contribution in [3.8, 4) is 11.5 Å². The van der Waals surface area contributed by atoms with Gasteiger partial charge in [-0.15, -0.1) is 0 Å². The number of benzene rings is 1. The van der Waals surface area contributed by atoms with Gasteiger partial charge in [-0.1, -0.05) is 0 Å². The number of halogens is 1. The fraction of sp³-hybridized carbons (Fsp3) is 0.235. The second-order valence-electron chi connectivity index (χ2n) is 5.29.